The first kappa shape index (κ1) is 14.4. The molecule has 90 valence electrons. The molecule has 0 aliphatic heterocycles. The van der Waals surface area contributed by atoms with Crippen LogP contribution in [-0.4, -0.2) is 22.2 Å². The van der Waals surface area contributed by atoms with Crippen LogP contribution in [0, 0.1) is 5.92 Å². The molecule has 1 rings (SSSR count). The van der Waals surface area contributed by atoms with Crippen LogP contribution in [0.15, 0.2) is 24.3 Å². The smallest absolute Gasteiger partial charge is 0.331 e. The van der Waals surface area contributed by atoms with Gasteiger partial charge < -0.3 is 10.2 Å². The van der Waals surface area contributed by atoms with Gasteiger partial charge in [0.05, 0.1) is 0 Å². The Balaban J connectivity index is 0.000000281. The second kappa shape index (κ2) is 6.82. The van der Waals surface area contributed by atoms with Crippen LogP contribution in [0.1, 0.15) is 32.6 Å². The van der Waals surface area contributed by atoms with Gasteiger partial charge in [0.2, 0.25) is 0 Å². The van der Waals surface area contributed by atoms with Crippen LogP contribution in [0.4, 0.5) is 0 Å². The molecule has 0 saturated heterocycles. The van der Waals surface area contributed by atoms with E-state index in [1.165, 1.54) is 0 Å². The zero-order chi connectivity index (χ0) is 12.7. The molecule has 0 radical (unpaired) electrons. The van der Waals surface area contributed by atoms with Crippen LogP contribution in [0.5, 0.6) is 0 Å². The van der Waals surface area contributed by atoms with Crippen molar-refractivity contribution in [2.45, 2.75) is 32.6 Å². The highest BCUT2D eigenvalue weighted by atomic mass is 16.4. The van der Waals surface area contributed by atoms with Crippen LogP contribution in [0.3, 0.4) is 0 Å². The highest BCUT2D eigenvalue weighted by molar-refractivity contribution is 5.87. The van der Waals surface area contributed by atoms with Crippen LogP contribution in [0.2, 0.25) is 0 Å². The number of carbonyl (C=O) groups is 2. The third-order valence-corrected chi connectivity index (χ3v) is 2.20. The minimum Gasteiger partial charge on any atom is -0.478 e. The Morgan fingerprint density at radius 2 is 1.69 bits per heavy atom. The first-order chi connectivity index (χ1) is 7.40. The molecule has 0 aromatic carbocycles. The Hall–Kier alpha value is -1.58. The Labute approximate surface area is 95.3 Å². The standard InChI is InChI=1S/C6H8O2.C6H10O2/c1-4(6(7)8)5-2-3-5;1-3-4-5(2)6(7)8/h5H,1-3H2,(H,7,8);2-4H2,1H3,(H,7,8). The largest absolute Gasteiger partial charge is 0.478 e. The van der Waals surface area contributed by atoms with E-state index in [-0.39, 0.29) is 0 Å². The monoisotopic (exact) mass is 226 g/mol. The van der Waals surface area contributed by atoms with Gasteiger partial charge in [-0.15, -0.1) is 0 Å². The molecule has 4 heteroatoms. The van der Waals surface area contributed by atoms with Crippen molar-refractivity contribution in [1.29, 1.82) is 0 Å². The van der Waals surface area contributed by atoms with Gasteiger partial charge in [0.1, 0.15) is 0 Å². The molecule has 0 bridgehead atoms. The minimum atomic E-state index is -0.883. The summed E-state index contributed by atoms with van der Waals surface area (Å²) in [5, 5.41) is 16.5. The Morgan fingerprint density at radius 1 is 1.19 bits per heavy atom. The zero-order valence-corrected chi connectivity index (χ0v) is 9.53. The molecule has 4 nitrogen and oxygen atoms in total. The average Bonchev–Trinajstić information content (AvgIpc) is 3.01. The summed E-state index contributed by atoms with van der Waals surface area (Å²) in [5.41, 5.74) is 0.678. The van der Waals surface area contributed by atoms with Crippen molar-refractivity contribution in [3.63, 3.8) is 0 Å². The van der Waals surface area contributed by atoms with Crippen molar-refractivity contribution in [2.75, 3.05) is 0 Å². The maximum absolute atomic E-state index is 10.1. The number of carboxylic acid groups (broad SMARTS) is 2. The molecular weight excluding hydrogens is 208 g/mol. The van der Waals surface area contributed by atoms with E-state index in [1.807, 2.05) is 6.92 Å². The fourth-order valence-electron chi connectivity index (χ4n) is 1.02. The predicted molar refractivity (Wildman–Crippen MR) is 61.2 cm³/mol. The van der Waals surface area contributed by atoms with Crippen molar-refractivity contribution in [1.82, 2.24) is 0 Å². The molecule has 2 N–H and O–H groups in total. The van der Waals surface area contributed by atoms with Crippen molar-refractivity contribution in [2.24, 2.45) is 5.92 Å². The molecule has 0 atom stereocenters. The molecule has 16 heavy (non-hydrogen) atoms. The van der Waals surface area contributed by atoms with E-state index in [9.17, 15) is 9.59 Å². The summed E-state index contributed by atoms with van der Waals surface area (Å²) in [4.78, 5) is 20.1. The quantitative estimate of drug-likeness (QED) is 0.706. The molecule has 1 aliphatic carbocycles. The highest BCUT2D eigenvalue weighted by Crippen LogP contribution is 2.35. The van der Waals surface area contributed by atoms with Crippen LogP contribution in [-0.2, 0) is 9.59 Å². The molecule has 1 fully saturated rings. The maximum atomic E-state index is 10.1. The van der Waals surface area contributed by atoms with E-state index in [1.54, 1.807) is 0 Å². The van der Waals surface area contributed by atoms with Crippen molar-refractivity contribution < 1.29 is 19.8 Å². The summed E-state index contributed by atoms with van der Waals surface area (Å²) in [6, 6.07) is 0. The number of carboxylic acids is 2. The lowest BCUT2D eigenvalue weighted by molar-refractivity contribution is -0.133. The summed E-state index contributed by atoms with van der Waals surface area (Å²) >= 11 is 0. The Morgan fingerprint density at radius 3 is 1.81 bits per heavy atom. The van der Waals surface area contributed by atoms with Gasteiger partial charge in [-0.1, -0.05) is 26.5 Å². The van der Waals surface area contributed by atoms with E-state index >= 15 is 0 Å². The molecule has 0 heterocycles. The number of hydrogen-bond donors (Lipinski definition) is 2. The number of hydrogen-bond acceptors (Lipinski definition) is 2. The molecule has 0 spiro atoms. The van der Waals surface area contributed by atoms with E-state index in [4.69, 9.17) is 10.2 Å². The van der Waals surface area contributed by atoms with Crippen molar-refractivity contribution in [3.05, 3.63) is 24.3 Å². The molecular formula is C12H18O4. The third kappa shape index (κ3) is 6.01. The molecule has 0 aromatic heterocycles. The normalized spacial score (nSPS) is 13.3. The lowest BCUT2D eigenvalue weighted by Crippen LogP contribution is -1.99. The van der Waals surface area contributed by atoms with Gasteiger partial charge in [-0.25, -0.2) is 9.59 Å². The summed E-state index contributed by atoms with van der Waals surface area (Å²) in [5.74, 6) is -1.42. The summed E-state index contributed by atoms with van der Waals surface area (Å²) in [7, 11) is 0. The van der Waals surface area contributed by atoms with Crippen molar-refractivity contribution >= 4 is 11.9 Å². The van der Waals surface area contributed by atoms with Gasteiger partial charge in [0.25, 0.3) is 0 Å². The van der Waals surface area contributed by atoms with E-state index in [0.717, 1.165) is 19.3 Å². The van der Waals surface area contributed by atoms with Crippen LogP contribution < -0.4 is 0 Å². The predicted octanol–water partition coefficient (Wildman–Crippen LogP) is 2.46. The maximum Gasteiger partial charge on any atom is 0.331 e. The molecule has 0 unspecified atom stereocenters. The van der Waals surface area contributed by atoms with Crippen LogP contribution in [0.25, 0.3) is 0 Å². The average molecular weight is 226 g/mol. The Kier molecular flexibility index (Phi) is 6.15. The lowest BCUT2D eigenvalue weighted by atomic mass is 10.2. The summed E-state index contributed by atoms with van der Waals surface area (Å²) in [6.45, 7) is 8.69. The second-order valence-corrected chi connectivity index (χ2v) is 3.76. The fraction of sp³-hybridized carbons (Fsp3) is 0.500. The van der Waals surface area contributed by atoms with E-state index in [0.29, 0.717) is 23.5 Å². The van der Waals surface area contributed by atoms with Gasteiger partial charge in [0.15, 0.2) is 0 Å². The van der Waals surface area contributed by atoms with Gasteiger partial charge in [-0.05, 0) is 25.2 Å². The first-order valence-electron chi connectivity index (χ1n) is 5.23. The topological polar surface area (TPSA) is 74.6 Å². The highest BCUT2D eigenvalue weighted by Gasteiger charge is 2.28. The number of aliphatic carboxylic acids is 2. The lowest BCUT2D eigenvalue weighted by Gasteiger charge is -1.92. The van der Waals surface area contributed by atoms with E-state index < -0.39 is 11.9 Å². The Bertz CT molecular complexity index is 300. The van der Waals surface area contributed by atoms with E-state index in [2.05, 4.69) is 13.2 Å². The SMILES string of the molecule is C=C(C(=O)O)C1CC1.C=C(CCC)C(=O)O. The molecule has 1 aliphatic rings. The number of rotatable bonds is 5. The molecule has 0 amide bonds. The van der Waals surface area contributed by atoms with Gasteiger partial charge in [0, 0.05) is 11.1 Å². The molecule has 0 aromatic rings. The minimum absolute atomic E-state index is 0.299. The van der Waals surface area contributed by atoms with Gasteiger partial charge in [-0.2, -0.15) is 0 Å². The van der Waals surface area contributed by atoms with Crippen LogP contribution >= 0.6 is 0 Å². The summed E-state index contributed by atoms with van der Waals surface area (Å²) in [6.07, 6.45) is 3.48. The second-order valence-electron chi connectivity index (χ2n) is 3.76. The third-order valence-electron chi connectivity index (χ3n) is 2.20. The van der Waals surface area contributed by atoms with Gasteiger partial charge >= 0.3 is 11.9 Å². The zero-order valence-electron chi connectivity index (χ0n) is 9.53. The van der Waals surface area contributed by atoms with Gasteiger partial charge in [-0.3, -0.25) is 0 Å². The summed E-state index contributed by atoms with van der Waals surface area (Å²) < 4.78 is 0. The first-order valence-corrected chi connectivity index (χ1v) is 5.23. The fourth-order valence-corrected chi connectivity index (χ4v) is 1.02. The van der Waals surface area contributed by atoms with Crippen molar-refractivity contribution in [3.8, 4) is 0 Å². The molecule has 1 saturated carbocycles.